The van der Waals surface area contributed by atoms with E-state index in [9.17, 15) is 4.79 Å². The van der Waals surface area contributed by atoms with Gasteiger partial charge in [-0.15, -0.1) is 21.8 Å². The molecule has 0 saturated carbocycles. The van der Waals surface area contributed by atoms with Gasteiger partial charge in [0, 0.05) is 6.08 Å². The number of carbonyl (C=O) groups is 1. The molecule has 4 heteroatoms. The molecule has 0 aromatic carbocycles. The molecule has 19 heavy (non-hydrogen) atoms. The van der Waals surface area contributed by atoms with E-state index in [2.05, 4.69) is 34.9 Å². The van der Waals surface area contributed by atoms with Gasteiger partial charge in [-0.05, 0) is 19.4 Å². The lowest BCUT2D eigenvalue weighted by molar-refractivity contribution is -0.137. The number of hydrogen-bond acceptors (Lipinski definition) is 2. The standard InChI is InChI=1S/C15H29IO2Si/c1-4-12-15(17)18-13-10-8-6-5-7-9-11-14-19(2,3)16/h4,12H,5-11,13-14H2,1-3H3. The van der Waals surface area contributed by atoms with E-state index in [0.29, 0.717) is 6.61 Å². The van der Waals surface area contributed by atoms with Crippen molar-refractivity contribution >= 4 is 33.3 Å². The molecule has 0 fully saturated rings. The summed E-state index contributed by atoms with van der Waals surface area (Å²) in [5, 5.41) is 0. The number of hydrogen-bond donors (Lipinski definition) is 0. The molecule has 0 aliphatic heterocycles. The van der Waals surface area contributed by atoms with Gasteiger partial charge in [0.05, 0.1) is 6.61 Å². The number of esters is 1. The van der Waals surface area contributed by atoms with Gasteiger partial charge in [-0.25, -0.2) is 4.79 Å². The van der Waals surface area contributed by atoms with Crippen LogP contribution in [0, 0.1) is 0 Å². The molecule has 0 atom stereocenters. The van der Waals surface area contributed by atoms with Crippen LogP contribution in [0.2, 0.25) is 19.1 Å². The third-order valence-corrected chi connectivity index (χ3v) is 6.12. The number of rotatable bonds is 11. The Morgan fingerprint density at radius 2 is 1.58 bits per heavy atom. The maximum Gasteiger partial charge on any atom is 0.330 e. The van der Waals surface area contributed by atoms with Crippen molar-refractivity contribution in [2.24, 2.45) is 0 Å². The topological polar surface area (TPSA) is 26.3 Å². The Labute approximate surface area is 132 Å². The predicted octanol–water partition coefficient (Wildman–Crippen LogP) is 5.48. The Balaban J connectivity index is 3.17. The predicted molar refractivity (Wildman–Crippen MR) is 94.4 cm³/mol. The van der Waals surface area contributed by atoms with Crippen LogP contribution in [0.1, 0.15) is 51.9 Å². The normalized spacial score (nSPS) is 12.0. The Morgan fingerprint density at radius 1 is 1.05 bits per heavy atom. The SMILES string of the molecule is CC=CC(=O)OCCCCCCCCC[Si](C)(C)I. The van der Waals surface area contributed by atoms with Crippen LogP contribution in [0.25, 0.3) is 0 Å². The molecule has 0 saturated heterocycles. The molecule has 0 rings (SSSR count). The van der Waals surface area contributed by atoms with Crippen molar-refractivity contribution < 1.29 is 9.53 Å². The van der Waals surface area contributed by atoms with Crippen molar-refractivity contribution in [2.45, 2.75) is 71.0 Å². The number of carbonyl (C=O) groups excluding carboxylic acids is 1. The summed E-state index contributed by atoms with van der Waals surface area (Å²) in [6.45, 7) is 7.26. The van der Waals surface area contributed by atoms with Gasteiger partial charge in [0.15, 0.2) is 0 Å². The highest BCUT2D eigenvalue weighted by atomic mass is 127. The van der Waals surface area contributed by atoms with E-state index in [-0.39, 0.29) is 5.97 Å². The van der Waals surface area contributed by atoms with Gasteiger partial charge in [0.2, 0.25) is 0 Å². The number of unbranched alkanes of at least 4 members (excludes halogenated alkanes) is 6. The van der Waals surface area contributed by atoms with E-state index in [0.717, 1.165) is 6.42 Å². The van der Waals surface area contributed by atoms with Crippen molar-refractivity contribution in [1.29, 1.82) is 0 Å². The van der Waals surface area contributed by atoms with E-state index in [1.165, 1.54) is 50.6 Å². The minimum absolute atomic E-state index is 0.215. The van der Waals surface area contributed by atoms with Gasteiger partial charge in [0.1, 0.15) is 5.57 Å². The molecular weight excluding hydrogens is 367 g/mol. The molecule has 0 aromatic heterocycles. The van der Waals surface area contributed by atoms with Crippen molar-refractivity contribution in [3.05, 3.63) is 12.2 Å². The lowest BCUT2D eigenvalue weighted by Crippen LogP contribution is -2.13. The Morgan fingerprint density at radius 3 is 2.11 bits per heavy atom. The monoisotopic (exact) mass is 396 g/mol. The van der Waals surface area contributed by atoms with Gasteiger partial charge in [-0.1, -0.05) is 57.7 Å². The number of halogens is 1. The average Bonchev–Trinajstić information content (AvgIpc) is 2.30. The van der Waals surface area contributed by atoms with Gasteiger partial charge >= 0.3 is 5.97 Å². The number of ether oxygens (including phenoxy) is 1. The molecule has 112 valence electrons. The summed E-state index contributed by atoms with van der Waals surface area (Å²) in [6, 6.07) is 1.45. The van der Waals surface area contributed by atoms with E-state index in [1.54, 1.807) is 6.08 Å². The molecule has 0 bridgehead atoms. The first-order valence-corrected chi connectivity index (χ1v) is 13.8. The van der Waals surface area contributed by atoms with Crippen molar-refractivity contribution in [1.82, 2.24) is 0 Å². The van der Waals surface area contributed by atoms with Gasteiger partial charge in [0.25, 0.3) is 0 Å². The fraction of sp³-hybridized carbons (Fsp3) is 0.800. The molecule has 0 aliphatic rings. The van der Waals surface area contributed by atoms with Crippen LogP contribution in [0.5, 0.6) is 0 Å². The van der Waals surface area contributed by atoms with Crippen LogP contribution in [0.3, 0.4) is 0 Å². The van der Waals surface area contributed by atoms with Crippen LogP contribution in [-0.4, -0.2) is 18.1 Å². The zero-order valence-electron chi connectivity index (χ0n) is 12.7. The minimum atomic E-state index is -0.845. The summed E-state index contributed by atoms with van der Waals surface area (Å²) in [4.78, 5) is 11.0. The quantitative estimate of drug-likeness (QED) is 0.116. The smallest absolute Gasteiger partial charge is 0.330 e. The molecule has 0 heterocycles. The van der Waals surface area contributed by atoms with Gasteiger partial charge < -0.3 is 4.74 Å². The van der Waals surface area contributed by atoms with Crippen LogP contribution >= 0.6 is 21.8 Å². The lowest BCUT2D eigenvalue weighted by Gasteiger charge is -2.12. The zero-order chi connectivity index (χ0) is 14.6. The van der Waals surface area contributed by atoms with Gasteiger partial charge in [-0.3, -0.25) is 0 Å². The first-order chi connectivity index (χ1) is 8.95. The van der Waals surface area contributed by atoms with Crippen LogP contribution in [-0.2, 0) is 9.53 Å². The second-order valence-corrected chi connectivity index (χ2v) is 18.3. The molecule has 0 spiro atoms. The Hall–Kier alpha value is 0.157. The summed E-state index contributed by atoms with van der Waals surface area (Å²) in [6.07, 6.45) is 12.1. The second kappa shape index (κ2) is 11.9. The van der Waals surface area contributed by atoms with Crippen molar-refractivity contribution in [3.8, 4) is 0 Å². The number of allylic oxidation sites excluding steroid dienone is 1. The first-order valence-electron chi connectivity index (χ1n) is 7.44. The Kier molecular flexibility index (Phi) is 12.0. The lowest BCUT2D eigenvalue weighted by atomic mass is 10.1. The minimum Gasteiger partial charge on any atom is -0.463 e. The van der Waals surface area contributed by atoms with Crippen molar-refractivity contribution in [3.63, 3.8) is 0 Å². The molecule has 0 N–H and O–H groups in total. The molecule has 0 aliphatic carbocycles. The van der Waals surface area contributed by atoms with Crippen LogP contribution < -0.4 is 0 Å². The van der Waals surface area contributed by atoms with E-state index >= 15 is 0 Å². The second-order valence-electron chi connectivity index (χ2n) is 5.61. The summed E-state index contributed by atoms with van der Waals surface area (Å²) in [5.74, 6) is -0.215. The summed E-state index contributed by atoms with van der Waals surface area (Å²) in [7, 11) is 0. The maximum atomic E-state index is 11.0. The zero-order valence-corrected chi connectivity index (χ0v) is 15.9. The molecule has 0 amide bonds. The average molecular weight is 396 g/mol. The molecule has 0 unspecified atom stereocenters. The van der Waals surface area contributed by atoms with Crippen molar-refractivity contribution in [2.75, 3.05) is 6.61 Å². The summed E-state index contributed by atoms with van der Waals surface area (Å²) in [5.41, 5.74) is -0.845. The fourth-order valence-corrected chi connectivity index (χ4v) is 4.12. The maximum absolute atomic E-state index is 11.0. The molecule has 0 aromatic rings. The van der Waals surface area contributed by atoms with Crippen LogP contribution in [0.15, 0.2) is 12.2 Å². The highest BCUT2D eigenvalue weighted by Crippen LogP contribution is 2.21. The van der Waals surface area contributed by atoms with E-state index in [4.69, 9.17) is 4.74 Å². The largest absolute Gasteiger partial charge is 0.463 e. The van der Waals surface area contributed by atoms with E-state index in [1.807, 2.05) is 6.92 Å². The molecule has 2 nitrogen and oxygen atoms in total. The highest BCUT2D eigenvalue weighted by molar-refractivity contribution is 14.1. The third-order valence-electron chi connectivity index (χ3n) is 2.96. The van der Waals surface area contributed by atoms with Gasteiger partial charge in [-0.2, -0.15) is 0 Å². The fourth-order valence-electron chi connectivity index (χ4n) is 1.89. The third kappa shape index (κ3) is 16.1. The van der Waals surface area contributed by atoms with Crippen LogP contribution in [0.4, 0.5) is 0 Å². The summed E-state index contributed by atoms with van der Waals surface area (Å²) < 4.78 is 5.04. The summed E-state index contributed by atoms with van der Waals surface area (Å²) >= 11 is 2.66. The molecular formula is C15H29IO2Si. The first kappa shape index (κ1) is 19.2. The Bertz CT molecular complexity index is 259. The highest BCUT2D eigenvalue weighted by Gasteiger charge is 2.14. The van der Waals surface area contributed by atoms with E-state index < -0.39 is 5.57 Å². The molecule has 0 radical (unpaired) electrons.